The first-order chi connectivity index (χ1) is 15.1. The highest BCUT2D eigenvalue weighted by Gasteiger charge is 2.18. The van der Waals surface area contributed by atoms with E-state index in [4.69, 9.17) is 14.2 Å². The van der Waals surface area contributed by atoms with E-state index in [0.717, 1.165) is 21.8 Å². The van der Waals surface area contributed by atoms with Crippen LogP contribution in [0.5, 0.6) is 17.4 Å². The molecule has 11 heteroatoms. The van der Waals surface area contributed by atoms with Gasteiger partial charge in [-0.3, -0.25) is 9.08 Å². The SMILES string of the molecule is CNc1nc(OC)cn2c(-c3cc(NSc4cnn(C)c4)c(OC)c(OC)c3)cnc12. The van der Waals surface area contributed by atoms with Crippen LogP contribution in [0.15, 0.2) is 41.8 Å². The van der Waals surface area contributed by atoms with Gasteiger partial charge in [0.1, 0.15) is 0 Å². The number of nitrogens with zero attached hydrogens (tertiary/aromatic N) is 5. The average Bonchev–Trinajstić information content (AvgIpc) is 3.42. The Balaban J connectivity index is 1.81. The Bertz CT molecular complexity index is 1220. The maximum Gasteiger partial charge on any atom is 0.232 e. The fourth-order valence-corrected chi connectivity index (χ4v) is 3.88. The minimum atomic E-state index is 0.474. The topological polar surface area (TPSA) is 99.8 Å². The summed E-state index contributed by atoms with van der Waals surface area (Å²) in [4.78, 5) is 9.91. The molecule has 0 aliphatic heterocycles. The molecule has 10 nitrogen and oxygen atoms in total. The molecule has 0 spiro atoms. The van der Waals surface area contributed by atoms with Gasteiger partial charge < -0.3 is 24.2 Å². The third-order valence-electron chi connectivity index (χ3n) is 4.65. The van der Waals surface area contributed by atoms with E-state index >= 15 is 0 Å². The molecule has 162 valence electrons. The summed E-state index contributed by atoms with van der Waals surface area (Å²) < 4.78 is 23.6. The number of aryl methyl sites for hydroxylation is 1. The summed E-state index contributed by atoms with van der Waals surface area (Å²) in [5.41, 5.74) is 3.18. The number of imidazole rings is 1. The number of hydrogen-bond donors (Lipinski definition) is 2. The number of nitrogens with one attached hydrogen (secondary N) is 2. The molecular weight excluding hydrogens is 418 g/mol. The first-order valence-corrected chi connectivity index (χ1v) is 10.2. The second-order valence-corrected chi connectivity index (χ2v) is 7.41. The number of hydrogen-bond acceptors (Lipinski definition) is 9. The maximum atomic E-state index is 5.61. The van der Waals surface area contributed by atoms with Crippen molar-refractivity contribution >= 4 is 29.1 Å². The highest BCUT2D eigenvalue weighted by molar-refractivity contribution is 8.00. The number of rotatable bonds is 8. The number of ether oxygens (including phenoxy) is 3. The molecule has 0 saturated heterocycles. The number of anilines is 2. The number of aromatic nitrogens is 5. The van der Waals surface area contributed by atoms with E-state index in [2.05, 4.69) is 25.1 Å². The molecule has 0 radical (unpaired) electrons. The van der Waals surface area contributed by atoms with E-state index in [1.165, 1.54) is 11.9 Å². The van der Waals surface area contributed by atoms with Crippen LogP contribution in [0.25, 0.3) is 16.9 Å². The maximum absolute atomic E-state index is 5.61. The molecule has 0 amide bonds. The van der Waals surface area contributed by atoms with Crippen LogP contribution in [0, 0.1) is 0 Å². The zero-order valence-electron chi connectivity index (χ0n) is 17.8. The zero-order valence-corrected chi connectivity index (χ0v) is 18.6. The van der Waals surface area contributed by atoms with E-state index in [0.29, 0.717) is 28.8 Å². The lowest BCUT2D eigenvalue weighted by molar-refractivity contribution is 0.356. The fraction of sp³-hybridized carbons (Fsp3) is 0.250. The number of benzene rings is 1. The van der Waals surface area contributed by atoms with Crippen LogP contribution < -0.4 is 24.2 Å². The summed E-state index contributed by atoms with van der Waals surface area (Å²) in [7, 11) is 8.48. The van der Waals surface area contributed by atoms with Crippen LogP contribution in [-0.4, -0.2) is 52.5 Å². The molecule has 3 heterocycles. The summed E-state index contributed by atoms with van der Waals surface area (Å²) in [6.45, 7) is 0. The Morgan fingerprint density at radius 2 is 1.87 bits per heavy atom. The summed E-state index contributed by atoms with van der Waals surface area (Å²) in [5.74, 6) is 2.30. The standard InChI is InChI=1S/C20H23N7O3S/c1-21-19-20-22-9-15(27(20)11-17(24-19)29-4)12-6-14(18(30-5)16(7-12)28-3)25-31-13-8-23-26(2)10-13/h6-11,25H,1-5H3,(H,21,24). The van der Waals surface area contributed by atoms with Gasteiger partial charge in [-0.05, 0) is 24.1 Å². The van der Waals surface area contributed by atoms with Gasteiger partial charge in [0.15, 0.2) is 23.0 Å². The van der Waals surface area contributed by atoms with Crippen molar-refractivity contribution in [2.45, 2.75) is 4.90 Å². The smallest absolute Gasteiger partial charge is 0.232 e. The Morgan fingerprint density at radius 1 is 1.03 bits per heavy atom. The first kappa shape index (κ1) is 20.7. The van der Waals surface area contributed by atoms with Crippen LogP contribution in [-0.2, 0) is 7.05 Å². The predicted molar refractivity (Wildman–Crippen MR) is 120 cm³/mol. The molecule has 3 aromatic heterocycles. The van der Waals surface area contributed by atoms with Crippen LogP contribution in [0.4, 0.5) is 11.5 Å². The molecule has 0 bridgehead atoms. The summed E-state index contributed by atoms with van der Waals surface area (Å²) in [6, 6.07) is 3.90. The molecule has 2 N–H and O–H groups in total. The van der Waals surface area contributed by atoms with Gasteiger partial charge in [0.25, 0.3) is 0 Å². The van der Waals surface area contributed by atoms with Crippen molar-refractivity contribution < 1.29 is 14.2 Å². The molecule has 0 saturated carbocycles. The van der Waals surface area contributed by atoms with Gasteiger partial charge in [0, 0.05) is 25.9 Å². The van der Waals surface area contributed by atoms with Gasteiger partial charge in [0.2, 0.25) is 5.88 Å². The summed E-state index contributed by atoms with van der Waals surface area (Å²) in [5, 5.41) is 7.25. The van der Waals surface area contributed by atoms with Gasteiger partial charge in [-0.2, -0.15) is 10.1 Å². The van der Waals surface area contributed by atoms with Gasteiger partial charge in [0.05, 0.1) is 56.2 Å². The Labute approximate surface area is 183 Å². The molecule has 1 aromatic carbocycles. The third-order valence-corrected chi connectivity index (χ3v) is 5.42. The van der Waals surface area contributed by atoms with Crippen LogP contribution in [0.1, 0.15) is 0 Å². The van der Waals surface area contributed by atoms with Gasteiger partial charge in [-0.1, -0.05) is 0 Å². The fourth-order valence-electron chi connectivity index (χ4n) is 3.20. The predicted octanol–water partition coefficient (Wildman–Crippen LogP) is 3.32. The highest BCUT2D eigenvalue weighted by atomic mass is 32.2. The zero-order chi connectivity index (χ0) is 22.0. The summed E-state index contributed by atoms with van der Waals surface area (Å²) in [6.07, 6.45) is 7.30. The van der Waals surface area contributed by atoms with Crippen molar-refractivity contribution in [2.24, 2.45) is 7.05 Å². The van der Waals surface area contributed by atoms with Crippen molar-refractivity contribution in [3.63, 3.8) is 0 Å². The van der Waals surface area contributed by atoms with Gasteiger partial charge >= 0.3 is 0 Å². The van der Waals surface area contributed by atoms with Crippen molar-refractivity contribution in [1.29, 1.82) is 0 Å². The molecular formula is C20H23N7O3S. The summed E-state index contributed by atoms with van der Waals surface area (Å²) >= 11 is 1.43. The van der Waals surface area contributed by atoms with Crippen LogP contribution in [0.2, 0.25) is 0 Å². The minimum absolute atomic E-state index is 0.474. The molecule has 0 fully saturated rings. The van der Waals surface area contributed by atoms with Crippen molar-refractivity contribution in [2.75, 3.05) is 38.4 Å². The Hall–Kier alpha value is -3.60. The number of methoxy groups -OCH3 is 3. The largest absolute Gasteiger partial charge is 0.493 e. The number of fused-ring (bicyclic) bond motifs is 1. The molecule has 0 aliphatic carbocycles. The van der Waals surface area contributed by atoms with E-state index in [9.17, 15) is 0 Å². The lowest BCUT2D eigenvalue weighted by Crippen LogP contribution is -2.01. The third kappa shape index (κ3) is 3.91. The first-order valence-electron chi connectivity index (χ1n) is 9.35. The quantitative estimate of drug-likeness (QED) is 0.399. The lowest BCUT2D eigenvalue weighted by atomic mass is 10.1. The van der Waals surface area contributed by atoms with E-state index in [-0.39, 0.29) is 0 Å². The van der Waals surface area contributed by atoms with Gasteiger partial charge in [-0.15, -0.1) is 0 Å². The molecule has 0 aliphatic rings. The Kier molecular flexibility index (Phi) is 5.76. The van der Waals surface area contributed by atoms with Crippen LogP contribution >= 0.6 is 11.9 Å². The van der Waals surface area contributed by atoms with Crippen LogP contribution in [0.3, 0.4) is 0 Å². The molecule has 0 atom stereocenters. The molecule has 31 heavy (non-hydrogen) atoms. The van der Waals surface area contributed by atoms with Crippen molar-refractivity contribution in [1.82, 2.24) is 24.1 Å². The second-order valence-electron chi connectivity index (χ2n) is 6.53. The minimum Gasteiger partial charge on any atom is -0.493 e. The van der Waals surface area contributed by atoms with E-state index < -0.39 is 0 Å². The van der Waals surface area contributed by atoms with Crippen molar-refractivity contribution in [3.8, 4) is 28.6 Å². The van der Waals surface area contributed by atoms with Gasteiger partial charge in [-0.25, -0.2) is 4.98 Å². The normalized spacial score (nSPS) is 10.9. The van der Waals surface area contributed by atoms with E-state index in [1.807, 2.05) is 29.8 Å². The second kappa shape index (κ2) is 8.64. The Morgan fingerprint density at radius 3 is 2.52 bits per heavy atom. The average molecular weight is 442 g/mol. The van der Waals surface area contributed by atoms with Crippen molar-refractivity contribution in [3.05, 3.63) is 36.9 Å². The van der Waals surface area contributed by atoms with E-state index in [1.54, 1.807) is 51.6 Å². The molecule has 4 aromatic rings. The highest BCUT2D eigenvalue weighted by Crippen LogP contribution is 2.42. The molecule has 0 unspecified atom stereocenters. The monoisotopic (exact) mass is 441 g/mol. The lowest BCUT2D eigenvalue weighted by Gasteiger charge is -2.16. The molecule has 4 rings (SSSR count).